The monoisotopic (exact) mass is 259 g/mol. The molecule has 0 aliphatic rings. The Kier molecular flexibility index (Phi) is 6.04. The Morgan fingerprint density at radius 1 is 1.42 bits per heavy atom. The van der Waals surface area contributed by atoms with Gasteiger partial charge in [0.1, 0.15) is 0 Å². The average Bonchev–Trinajstić information content (AvgIpc) is 2.46. The maximum Gasteiger partial charge on any atom is 0.231 e. The van der Waals surface area contributed by atoms with Crippen molar-refractivity contribution in [1.82, 2.24) is 4.90 Å². The largest absolute Gasteiger partial charge is 0.341 e. The van der Waals surface area contributed by atoms with Crippen LogP contribution in [0.3, 0.4) is 0 Å². The minimum atomic E-state index is -0.327. The molecule has 102 valence electrons. The second kappa shape index (κ2) is 7.55. The molecule has 0 heterocycles. The first kappa shape index (κ1) is 15.2. The molecule has 0 saturated carbocycles. The van der Waals surface area contributed by atoms with E-state index in [0.717, 1.165) is 5.56 Å². The standard InChI is InChI=1S/C15H21N3O/c1-3-18(11-12(2)9-16)15(19)14(10-17)13-7-5-4-6-8-13/h4-8,12,14H,3,10-11,17H2,1-2H3. The number of amides is 1. The van der Waals surface area contributed by atoms with Crippen LogP contribution in [0, 0.1) is 17.2 Å². The van der Waals surface area contributed by atoms with Crippen molar-refractivity contribution in [1.29, 1.82) is 5.26 Å². The molecule has 0 aliphatic heterocycles. The predicted molar refractivity (Wildman–Crippen MR) is 75.3 cm³/mol. The lowest BCUT2D eigenvalue weighted by Crippen LogP contribution is -2.40. The van der Waals surface area contributed by atoms with E-state index in [2.05, 4.69) is 6.07 Å². The number of hydrogen-bond donors (Lipinski definition) is 1. The molecule has 0 fully saturated rings. The molecule has 1 amide bonds. The molecule has 0 radical (unpaired) electrons. The molecule has 0 saturated heterocycles. The van der Waals surface area contributed by atoms with E-state index in [1.807, 2.05) is 44.2 Å². The molecule has 2 N–H and O–H groups in total. The maximum absolute atomic E-state index is 12.5. The first-order valence-corrected chi connectivity index (χ1v) is 6.57. The molecule has 0 bridgehead atoms. The third-order valence-electron chi connectivity index (χ3n) is 3.14. The molecule has 0 spiro atoms. The van der Waals surface area contributed by atoms with Crippen molar-refractivity contribution >= 4 is 5.91 Å². The van der Waals surface area contributed by atoms with Gasteiger partial charge in [-0.1, -0.05) is 30.3 Å². The van der Waals surface area contributed by atoms with Crippen molar-refractivity contribution in [3.8, 4) is 6.07 Å². The minimum Gasteiger partial charge on any atom is -0.341 e. The Morgan fingerprint density at radius 2 is 2.05 bits per heavy atom. The number of nitrogens with two attached hydrogens (primary N) is 1. The quantitative estimate of drug-likeness (QED) is 0.846. The summed E-state index contributed by atoms with van der Waals surface area (Å²) >= 11 is 0. The molecule has 0 aromatic heterocycles. The number of nitriles is 1. The Bertz CT molecular complexity index is 438. The molecule has 2 atom stereocenters. The number of benzene rings is 1. The number of hydrogen-bond acceptors (Lipinski definition) is 3. The summed E-state index contributed by atoms with van der Waals surface area (Å²) in [6.45, 7) is 5.06. The Hall–Kier alpha value is -1.86. The predicted octanol–water partition coefficient (Wildman–Crippen LogP) is 1.74. The molecular formula is C15H21N3O. The fourth-order valence-corrected chi connectivity index (χ4v) is 2.03. The molecule has 1 aromatic rings. The van der Waals surface area contributed by atoms with Crippen LogP contribution in [0.2, 0.25) is 0 Å². The number of rotatable bonds is 6. The van der Waals surface area contributed by atoms with Crippen molar-refractivity contribution in [3.63, 3.8) is 0 Å². The van der Waals surface area contributed by atoms with Crippen LogP contribution in [-0.2, 0) is 4.79 Å². The van der Waals surface area contributed by atoms with Crippen molar-refractivity contribution in [3.05, 3.63) is 35.9 Å². The zero-order valence-corrected chi connectivity index (χ0v) is 11.5. The summed E-state index contributed by atoms with van der Waals surface area (Å²) in [7, 11) is 0. The van der Waals surface area contributed by atoms with E-state index in [4.69, 9.17) is 11.0 Å². The highest BCUT2D eigenvalue weighted by molar-refractivity contribution is 5.84. The summed E-state index contributed by atoms with van der Waals surface area (Å²) in [6, 6.07) is 11.7. The SMILES string of the molecule is CCN(CC(C)C#N)C(=O)C(CN)c1ccccc1. The summed E-state index contributed by atoms with van der Waals surface area (Å²) in [5.41, 5.74) is 6.68. The lowest BCUT2D eigenvalue weighted by Gasteiger charge is -2.26. The van der Waals surface area contributed by atoms with E-state index >= 15 is 0 Å². The van der Waals surface area contributed by atoms with Gasteiger partial charge in [-0.05, 0) is 19.4 Å². The smallest absolute Gasteiger partial charge is 0.231 e. The van der Waals surface area contributed by atoms with E-state index in [-0.39, 0.29) is 24.3 Å². The van der Waals surface area contributed by atoms with E-state index in [0.29, 0.717) is 13.1 Å². The lowest BCUT2D eigenvalue weighted by atomic mass is 9.97. The summed E-state index contributed by atoms with van der Waals surface area (Å²) in [6.07, 6.45) is 0. The summed E-state index contributed by atoms with van der Waals surface area (Å²) in [5, 5.41) is 8.86. The van der Waals surface area contributed by atoms with Gasteiger partial charge in [-0.25, -0.2) is 0 Å². The fraction of sp³-hybridized carbons (Fsp3) is 0.467. The topological polar surface area (TPSA) is 70.1 Å². The van der Waals surface area contributed by atoms with Crippen molar-refractivity contribution in [2.75, 3.05) is 19.6 Å². The van der Waals surface area contributed by atoms with Crippen molar-refractivity contribution in [2.24, 2.45) is 11.7 Å². The van der Waals surface area contributed by atoms with Crippen LogP contribution in [0.25, 0.3) is 0 Å². The van der Waals surface area contributed by atoms with Gasteiger partial charge < -0.3 is 10.6 Å². The van der Waals surface area contributed by atoms with Gasteiger partial charge in [-0.3, -0.25) is 4.79 Å². The fourth-order valence-electron chi connectivity index (χ4n) is 2.03. The van der Waals surface area contributed by atoms with Gasteiger partial charge in [-0.2, -0.15) is 5.26 Å². The molecule has 2 unspecified atom stereocenters. The van der Waals surface area contributed by atoms with E-state index in [1.165, 1.54) is 0 Å². The number of carbonyl (C=O) groups excluding carboxylic acids is 1. The molecule has 1 rings (SSSR count). The second-order valence-electron chi connectivity index (χ2n) is 4.61. The van der Waals surface area contributed by atoms with Gasteiger partial charge in [0.25, 0.3) is 0 Å². The number of nitrogens with zero attached hydrogens (tertiary/aromatic N) is 2. The average molecular weight is 259 g/mol. The molecular weight excluding hydrogens is 238 g/mol. The van der Waals surface area contributed by atoms with Crippen LogP contribution in [0.1, 0.15) is 25.3 Å². The molecule has 19 heavy (non-hydrogen) atoms. The number of likely N-dealkylation sites (N-methyl/N-ethyl adjacent to an activating group) is 1. The van der Waals surface area contributed by atoms with Crippen LogP contribution in [0.4, 0.5) is 0 Å². The second-order valence-corrected chi connectivity index (χ2v) is 4.61. The third-order valence-corrected chi connectivity index (χ3v) is 3.14. The molecule has 1 aromatic carbocycles. The summed E-state index contributed by atoms with van der Waals surface area (Å²) in [4.78, 5) is 14.2. The first-order chi connectivity index (χ1) is 9.13. The molecule has 4 nitrogen and oxygen atoms in total. The molecule has 4 heteroatoms. The zero-order chi connectivity index (χ0) is 14.3. The Balaban J connectivity index is 2.86. The Morgan fingerprint density at radius 3 is 2.53 bits per heavy atom. The number of carbonyl (C=O) groups is 1. The van der Waals surface area contributed by atoms with Crippen LogP contribution in [0.15, 0.2) is 30.3 Å². The van der Waals surface area contributed by atoms with Crippen molar-refractivity contribution in [2.45, 2.75) is 19.8 Å². The zero-order valence-electron chi connectivity index (χ0n) is 11.5. The third kappa shape index (κ3) is 4.08. The Labute approximate surface area is 114 Å². The summed E-state index contributed by atoms with van der Waals surface area (Å²) < 4.78 is 0. The van der Waals surface area contributed by atoms with Gasteiger partial charge in [0.15, 0.2) is 0 Å². The highest BCUT2D eigenvalue weighted by Gasteiger charge is 2.24. The van der Waals surface area contributed by atoms with Gasteiger partial charge in [-0.15, -0.1) is 0 Å². The van der Waals surface area contributed by atoms with E-state index < -0.39 is 0 Å². The highest BCUT2D eigenvalue weighted by Crippen LogP contribution is 2.18. The van der Waals surface area contributed by atoms with Crippen LogP contribution < -0.4 is 5.73 Å². The highest BCUT2D eigenvalue weighted by atomic mass is 16.2. The van der Waals surface area contributed by atoms with Crippen molar-refractivity contribution < 1.29 is 4.79 Å². The van der Waals surface area contributed by atoms with Gasteiger partial charge >= 0.3 is 0 Å². The first-order valence-electron chi connectivity index (χ1n) is 6.57. The summed E-state index contributed by atoms with van der Waals surface area (Å²) in [5.74, 6) is -0.497. The maximum atomic E-state index is 12.5. The van der Waals surface area contributed by atoms with E-state index in [9.17, 15) is 4.79 Å². The van der Waals surface area contributed by atoms with Gasteiger partial charge in [0.05, 0.1) is 17.9 Å². The van der Waals surface area contributed by atoms with Crippen LogP contribution in [-0.4, -0.2) is 30.4 Å². The molecule has 0 aliphatic carbocycles. The van der Waals surface area contributed by atoms with Gasteiger partial charge in [0, 0.05) is 19.6 Å². The normalized spacial score (nSPS) is 13.4. The minimum absolute atomic E-state index is 0.00157. The van der Waals surface area contributed by atoms with Crippen LogP contribution >= 0.6 is 0 Å². The lowest BCUT2D eigenvalue weighted by molar-refractivity contribution is -0.132. The van der Waals surface area contributed by atoms with Crippen LogP contribution in [0.5, 0.6) is 0 Å². The van der Waals surface area contributed by atoms with Gasteiger partial charge in [0.2, 0.25) is 5.91 Å². The van der Waals surface area contributed by atoms with E-state index in [1.54, 1.807) is 4.90 Å².